The molecule has 0 radical (unpaired) electrons. The first-order valence-electron chi connectivity index (χ1n) is 8.24. The molecule has 1 aliphatic heterocycles. The molecule has 0 spiro atoms. The van der Waals surface area contributed by atoms with Crippen LogP contribution >= 0.6 is 0 Å². The lowest BCUT2D eigenvalue weighted by molar-refractivity contribution is -0.136. The first kappa shape index (κ1) is 15.8. The SMILES string of the molecule is CCOC1CC(CC(=O)N2CCC(NC)C(CC)C2)C1. The van der Waals surface area contributed by atoms with Crippen molar-refractivity contribution in [2.24, 2.45) is 11.8 Å². The summed E-state index contributed by atoms with van der Waals surface area (Å²) in [6.07, 6.45) is 5.52. The molecule has 0 aromatic heterocycles. The second kappa shape index (κ2) is 7.41. The average Bonchev–Trinajstić information content (AvgIpc) is 2.44. The molecule has 1 heterocycles. The topological polar surface area (TPSA) is 41.6 Å². The number of likely N-dealkylation sites (tertiary alicyclic amines) is 1. The molecule has 2 aliphatic rings. The number of ether oxygens (including phenoxy) is 1. The summed E-state index contributed by atoms with van der Waals surface area (Å²) < 4.78 is 5.56. The first-order valence-corrected chi connectivity index (χ1v) is 8.24. The van der Waals surface area contributed by atoms with Gasteiger partial charge < -0.3 is 15.0 Å². The van der Waals surface area contributed by atoms with Gasteiger partial charge in [0.25, 0.3) is 0 Å². The Balaban J connectivity index is 1.74. The van der Waals surface area contributed by atoms with E-state index in [0.717, 1.165) is 51.8 Å². The highest BCUT2D eigenvalue weighted by Gasteiger charge is 2.34. The summed E-state index contributed by atoms with van der Waals surface area (Å²) in [5, 5.41) is 3.39. The highest BCUT2D eigenvalue weighted by molar-refractivity contribution is 5.76. The molecule has 1 N–H and O–H groups in total. The van der Waals surface area contributed by atoms with E-state index in [0.29, 0.717) is 29.9 Å². The standard InChI is InChI=1S/C16H30N2O2/c1-4-13-11-18(7-6-15(13)17-3)16(19)10-12-8-14(9-12)20-5-2/h12-15,17H,4-11H2,1-3H3. The molecule has 2 fully saturated rings. The van der Waals surface area contributed by atoms with Crippen molar-refractivity contribution in [2.75, 3.05) is 26.7 Å². The van der Waals surface area contributed by atoms with Crippen LogP contribution < -0.4 is 5.32 Å². The van der Waals surface area contributed by atoms with Crippen molar-refractivity contribution in [1.82, 2.24) is 10.2 Å². The van der Waals surface area contributed by atoms with Crippen molar-refractivity contribution in [3.63, 3.8) is 0 Å². The molecule has 1 saturated carbocycles. The second-order valence-electron chi connectivity index (χ2n) is 6.31. The van der Waals surface area contributed by atoms with Gasteiger partial charge in [0.1, 0.15) is 0 Å². The average molecular weight is 282 g/mol. The van der Waals surface area contributed by atoms with Crippen LogP contribution in [0.1, 0.15) is 46.0 Å². The van der Waals surface area contributed by atoms with Gasteiger partial charge in [-0.2, -0.15) is 0 Å². The fourth-order valence-corrected chi connectivity index (χ4v) is 3.64. The van der Waals surface area contributed by atoms with E-state index in [1.165, 1.54) is 0 Å². The van der Waals surface area contributed by atoms with Crippen molar-refractivity contribution in [2.45, 2.75) is 58.1 Å². The van der Waals surface area contributed by atoms with Crippen LogP contribution in [0.5, 0.6) is 0 Å². The Labute approximate surface area is 123 Å². The lowest BCUT2D eigenvalue weighted by Crippen LogP contribution is -2.50. The Bertz CT molecular complexity index is 316. The van der Waals surface area contributed by atoms with Crippen LogP contribution in [-0.4, -0.2) is 49.7 Å². The van der Waals surface area contributed by atoms with E-state index in [1.54, 1.807) is 0 Å². The fraction of sp³-hybridized carbons (Fsp3) is 0.938. The third-order valence-corrected chi connectivity index (χ3v) is 5.04. The summed E-state index contributed by atoms with van der Waals surface area (Å²) >= 11 is 0. The molecular formula is C16H30N2O2. The molecule has 2 unspecified atom stereocenters. The molecule has 4 nitrogen and oxygen atoms in total. The maximum absolute atomic E-state index is 12.4. The minimum atomic E-state index is 0.359. The highest BCUT2D eigenvalue weighted by atomic mass is 16.5. The number of nitrogens with one attached hydrogen (secondary N) is 1. The van der Waals surface area contributed by atoms with Gasteiger partial charge >= 0.3 is 0 Å². The number of carbonyl (C=O) groups excluding carboxylic acids is 1. The number of rotatable bonds is 6. The van der Waals surface area contributed by atoms with Crippen LogP contribution in [-0.2, 0) is 9.53 Å². The van der Waals surface area contributed by atoms with Crippen molar-refractivity contribution in [1.29, 1.82) is 0 Å². The van der Waals surface area contributed by atoms with E-state index in [2.05, 4.69) is 17.1 Å². The van der Waals surface area contributed by atoms with Crippen molar-refractivity contribution < 1.29 is 9.53 Å². The van der Waals surface area contributed by atoms with Crippen LogP contribution in [0.2, 0.25) is 0 Å². The quantitative estimate of drug-likeness (QED) is 0.810. The maximum atomic E-state index is 12.4. The first-order chi connectivity index (χ1) is 9.67. The Morgan fingerprint density at radius 3 is 2.70 bits per heavy atom. The summed E-state index contributed by atoms with van der Waals surface area (Å²) in [7, 11) is 2.03. The van der Waals surface area contributed by atoms with Gasteiger partial charge in [-0.25, -0.2) is 0 Å². The van der Waals surface area contributed by atoms with Gasteiger partial charge in [0, 0.05) is 32.2 Å². The van der Waals surface area contributed by atoms with Gasteiger partial charge in [0.05, 0.1) is 6.10 Å². The molecule has 0 aromatic carbocycles. The molecule has 116 valence electrons. The Kier molecular flexibility index (Phi) is 5.85. The van der Waals surface area contributed by atoms with Crippen LogP contribution in [0.25, 0.3) is 0 Å². The molecule has 4 heteroatoms. The van der Waals surface area contributed by atoms with Crippen molar-refractivity contribution >= 4 is 5.91 Å². The summed E-state index contributed by atoms with van der Waals surface area (Å²) in [6, 6.07) is 0.579. The second-order valence-corrected chi connectivity index (χ2v) is 6.31. The van der Waals surface area contributed by atoms with E-state index in [9.17, 15) is 4.79 Å². The normalized spacial score (nSPS) is 33.9. The van der Waals surface area contributed by atoms with Crippen LogP contribution in [0, 0.1) is 11.8 Å². The van der Waals surface area contributed by atoms with Gasteiger partial charge in [-0.3, -0.25) is 4.79 Å². The zero-order valence-electron chi connectivity index (χ0n) is 13.2. The molecule has 2 atom stereocenters. The molecule has 2 rings (SSSR count). The van der Waals surface area contributed by atoms with E-state index in [1.807, 2.05) is 14.0 Å². The Morgan fingerprint density at radius 1 is 1.35 bits per heavy atom. The number of hydrogen-bond donors (Lipinski definition) is 1. The predicted molar refractivity (Wildman–Crippen MR) is 80.6 cm³/mol. The smallest absolute Gasteiger partial charge is 0.222 e. The molecule has 0 aromatic rings. The van der Waals surface area contributed by atoms with Crippen LogP contribution in [0.3, 0.4) is 0 Å². The van der Waals surface area contributed by atoms with E-state index >= 15 is 0 Å². The Morgan fingerprint density at radius 2 is 2.10 bits per heavy atom. The van der Waals surface area contributed by atoms with Crippen LogP contribution in [0.4, 0.5) is 0 Å². The van der Waals surface area contributed by atoms with Gasteiger partial charge in [0.2, 0.25) is 5.91 Å². The summed E-state index contributed by atoms with van der Waals surface area (Å²) in [6.45, 7) is 6.91. The summed E-state index contributed by atoms with van der Waals surface area (Å²) in [5.74, 6) is 1.52. The number of piperidine rings is 1. The largest absolute Gasteiger partial charge is 0.378 e. The lowest BCUT2D eigenvalue weighted by Gasteiger charge is -2.40. The van der Waals surface area contributed by atoms with Crippen LogP contribution in [0.15, 0.2) is 0 Å². The highest BCUT2D eigenvalue weighted by Crippen LogP contribution is 2.33. The monoisotopic (exact) mass is 282 g/mol. The summed E-state index contributed by atoms with van der Waals surface area (Å²) in [5.41, 5.74) is 0. The number of carbonyl (C=O) groups is 1. The van der Waals surface area contributed by atoms with Crippen molar-refractivity contribution in [3.8, 4) is 0 Å². The van der Waals surface area contributed by atoms with Gasteiger partial charge in [0.15, 0.2) is 0 Å². The number of hydrogen-bond acceptors (Lipinski definition) is 3. The number of nitrogens with zero attached hydrogens (tertiary/aromatic N) is 1. The molecule has 1 aliphatic carbocycles. The molecule has 0 bridgehead atoms. The van der Waals surface area contributed by atoms with Gasteiger partial charge in [-0.1, -0.05) is 13.3 Å². The van der Waals surface area contributed by atoms with Gasteiger partial charge in [-0.05, 0) is 45.1 Å². The maximum Gasteiger partial charge on any atom is 0.222 e. The van der Waals surface area contributed by atoms with E-state index in [-0.39, 0.29) is 0 Å². The summed E-state index contributed by atoms with van der Waals surface area (Å²) in [4.78, 5) is 14.5. The molecule has 1 saturated heterocycles. The fourth-order valence-electron chi connectivity index (χ4n) is 3.64. The molecule has 1 amide bonds. The number of amides is 1. The van der Waals surface area contributed by atoms with Crippen molar-refractivity contribution in [3.05, 3.63) is 0 Å². The zero-order chi connectivity index (χ0) is 14.5. The third-order valence-electron chi connectivity index (χ3n) is 5.04. The van der Waals surface area contributed by atoms with Gasteiger partial charge in [-0.15, -0.1) is 0 Å². The lowest BCUT2D eigenvalue weighted by atomic mass is 9.79. The third kappa shape index (κ3) is 3.73. The minimum Gasteiger partial charge on any atom is -0.378 e. The van der Waals surface area contributed by atoms with E-state index < -0.39 is 0 Å². The van der Waals surface area contributed by atoms with E-state index in [4.69, 9.17) is 4.74 Å². The zero-order valence-corrected chi connectivity index (χ0v) is 13.2. The molecular weight excluding hydrogens is 252 g/mol. The Hall–Kier alpha value is -0.610. The molecule has 20 heavy (non-hydrogen) atoms. The minimum absolute atomic E-state index is 0.359. The predicted octanol–water partition coefficient (Wildman–Crippen LogP) is 2.04.